The monoisotopic (exact) mass is 337 g/mol. The summed E-state index contributed by atoms with van der Waals surface area (Å²) in [7, 11) is 0. The van der Waals surface area contributed by atoms with Gasteiger partial charge in [-0.05, 0) is 65.2 Å². The average molecular weight is 337 g/mol. The Balaban J connectivity index is 1.60. The minimum atomic E-state index is -0.212. The molecular weight excluding hydrogens is 318 g/mol. The summed E-state index contributed by atoms with van der Waals surface area (Å²) in [5.74, 6) is 0.483. The van der Waals surface area contributed by atoms with Crippen LogP contribution in [0, 0.1) is 6.92 Å². The normalized spacial score (nSPS) is 10.5. The van der Waals surface area contributed by atoms with Crippen molar-refractivity contribution in [2.45, 2.75) is 20.3 Å². The lowest BCUT2D eigenvalue weighted by Gasteiger charge is -2.10. The first kappa shape index (κ1) is 16.6. The van der Waals surface area contributed by atoms with Gasteiger partial charge in [0.15, 0.2) is 6.61 Å². The Morgan fingerprint density at radius 2 is 2.12 bits per heavy atom. The van der Waals surface area contributed by atoms with Gasteiger partial charge in [-0.25, -0.2) is 4.68 Å². The van der Waals surface area contributed by atoms with Gasteiger partial charge in [-0.1, -0.05) is 19.1 Å². The Bertz CT molecular complexity index is 862. The zero-order valence-electron chi connectivity index (χ0n) is 14.1. The summed E-state index contributed by atoms with van der Waals surface area (Å²) < 4.78 is 7.13. The Hall–Kier alpha value is -3.22. The lowest BCUT2D eigenvalue weighted by molar-refractivity contribution is -0.118. The summed E-state index contributed by atoms with van der Waals surface area (Å²) in [5.41, 5.74) is 3.68. The van der Waals surface area contributed by atoms with Crippen LogP contribution in [-0.4, -0.2) is 32.7 Å². The molecule has 0 aliphatic heterocycles. The van der Waals surface area contributed by atoms with Crippen molar-refractivity contribution in [3.05, 3.63) is 59.9 Å². The quantitative estimate of drug-likeness (QED) is 0.747. The smallest absolute Gasteiger partial charge is 0.262 e. The maximum absolute atomic E-state index is 12.1. The zero-order valence-corrected chi connectivity index (χ0v) is 14.1. The summed E-state index contributed by atoms with van der Waals surface area (Å²) in [4.78, 5) is 12.1. The molecule has 1 N–H and O–H groups in total. The fraction of sp³-hybridized carbons (Fsp3) is 0.222. The number of amides is 1. The third-order valence-corrected chi connectivity index (χ3v) is 3.75. The second-order valence-electron chi connectivity index (χ2n) is 5.59. The van der Waals surface area contributed by atoms with Crippen LogP contribution in [0.5, 0.6) is 5.75 Å². The summed E-state index contributed by atoms with van der Waals surface area (Å²) in [6.45, 7) is 3.97. The van der Waals surface area contributed by atoms with Crippen LogP contribution in [0.4, 0.5) is 5.69 Å². The fourth-order valence-corrected chi connectivity index (χ4v) is 2.46. The van der Waals surface area contributed by atoms with Crippen molar-refractivity contribution in [2.75, 3.05) is 11.9 Å². The van der Waals surface area contributed by atoms with Crippen molar-refractivity contribution in [1.29, 1.82) is 0 Å². The minimum Gasteiger partial charge on any atom is -0.484 e. The molecule has 0 aliphatic rings. The van der Waals surface area contributed by atoms with Crippen molar-refractivity contribution in [2.24, 2.45) is 0 Å². The molecule has 7 nitrogen and oxygen atoms in total. The van der Waals surface area contributed by atoms with Crippen LogP contribution in [0.1, 0.15) is 18.1 Å². The first-order valence-corrected chi connectivity index (χ1v) is 8.01. The van der Waals surface area contributed by atoms with Gasteiger partial charge >= 0.3 is 0 Å². The SMILES string of the molecule is CCc1cccc(OCC(=O)Nc2ccc(-n3cnnn3)c(C)c2)c1. The Kier molecular flexibility index (Phi) is 5.03. The number of ether oxygens (including phenoxy) is 1. The number of aromatic nitrogens is 4. The highest BCUT2D eigenvalue weighted by Gasteiger charge is 2.07. The maximum Gasteiger partial charge on any atom is 0.262 e. The summed E-state index contributed by atoms with van der Waals surface area (Å²) >= 11 is 0. The molecule has 1 heterocycles. The molecule has 3 rings (SSSR count). The van der Waals surface area contributed by atoms with Crippen molar-refractivity contribution in [3.8, 4) is 11.4 Å². The highest BCUT2D eigenvalue weighted by Crippen LogP contribution is 2.18. The topological polar surface area (TPSA) is 81.9 Å². The van der Waals surface area contributed by atoms with E-state index in [1.54, 1.807) is 10.7 Å². The Morgan fingerprint density at radius 1 is 1.24 bits per heavy atom. The summed E-state index contributed by atoms with van der Waals surface area (Å²) in [6.07, 6.45) is 2.45. The number of nitrogens with zero attached hydrogens (tertiary/aromatic N) is 4. The van der Waals surface area contributed by atoms with Crippen molar-refractivity contribution in [1.82, 2.24) is 20.2 Å². The molecule has 0 bridgehead atoms. The van der Waals surface area contributed by atoms with Crippen LogP contribution in [0.15, 0.2) is 48.8 Å². The van der Waals surface area contributed by atoms with Crippen LogP contribution in [0.2, 0.25) is 0 Å². The van der Waals surface area contributed by atoms with Gasteiger partial charge in [0.1, 0.15) is 12.1 Å². The van der Waals surface area contributed by atoms with Crippen molar-refractivity contribution in [3.63, 3.8) is 0 Å². The van der Waals surface area contributed by atoms with E-state index in [-0.39, 0.29) is 12.5 Å². The van der Waals surface area contributed by atoms with Gasteiger partial charge in [-0.2, -0.15) is 0 Å². The number of nitrogens with one attached hydrogen (secondary N) is 1. The molecule has 128 valence electrons. The Labute approximate surface area is 145 Å². The van der Waals surface area contributed by atoms with E-state index in [4.69, 9.17) is 4.74 Å². The molecule has 0 spiro atoms. The standard InChI is InChI=1S/C18H19N5O2/c1-3-14-5-4-6-16(10-14)25-11-18(24)20-15-7-8-17(13(2)9-15)23-12-19-21-22-23/h4-10,12H,3,11H2,1-2H3,(H,20,24). The summed E-state index contributed by atoms with van der Waals surface area (Å²) in [6, 6.07) is 13.3. The number of hydrogen-bond donors (Lipinski definition) is 1. The minimum absolute atomic E-state index is 0.0407. The van der Waals surface area contributed by atoms with E-state index >= 15 is 0 Å². The average Bonchev–Trinajstić information content (AvgIpc) is 3.14. The molecule has 0 fully saturated rings. The third-order valence-electron chi connectivity index (χ3n) is 3.75. The highest BCUT2D eigenvalue weighted by molar-refractivity contribution is 5.92. The number of hydrogen-bond acceptors (Lipinski definition) is 5. The fourth-order valence-electron chi connectivity index (χ4n) is 2.46. The number of anilines is 1. The molecule has 25 heavy (non-hydrogen) atoms. The number of benzene rings is 2. The second-order valence-corrected chi connectivity index (χ2v) is 5.59. The predicted octanol–water partition coefficient (Wildman–Crippen LogP) is 2.55. The zero-order chi connectivity index (χ0) is 17.6. The largest absolute Gasteiger partial charge is 0.484 e. The van der Waals surface area contributed by atoms with E-state index in [0.29, 0.717) is 11.4 Å². The van der Waals surface area contributed by atoms with E-state index < -0.39 is 0 Å². The second kappa shape index (κ2) is 7.57. The molecule has 1 aromatic heterocycles. The number of rotatable bonds is 6. The van der Waals surface area contributed by atoms with Gasteiger partial charge in [0.05, 0.1) is 5.69 Å². The molecule has 0 aliphatic carbocycles. The van der Waals surface area contributed by atoms with Crippen molar-refractivity contribution < 1.29 is 9.53 Å². The molecule has 0 unspecified atom stereocenters. The van der Waals surface area contributed by atoms with Crippen LogP contribution >= 0.6 is 0 Å². The van der Waals surface area contributed by atoms with E-state index in [1.807, 2.05) is 43.3 Å². The number of carbonyl (C=O) groups excluding carboxylic acids is 1. The van der Waals surface area contributed by atoms with E-state index in [9.17, 15) is 4.79 Å². The lowest BCUT2D eigenvalue weighted by Crippen LogP contribution is -2.20. The Morgan fingerprint density at radius 3 is 2.84 bits per heavy atom. The molecular formula is C18H19N5O2. The molecule has 0 atom stereocenters. The maximum atomic E-state index is 12.1. The highest BCUT2D eigenvalue weighted by atomic mass is 16.5. The first-order chi connectivity index (χ1) is 12.2. The molecule has 2 aromatic carbocycles. The number of carbonyl (C=O) groups is 1. The van der Waals surface area contributed by atoms with Gasteiger partial charge in [-0.3, -0.25) is 4.79 Å². The molecule has 0 radical (unpaired) electrons. The number of tetrazole rings is 1. The van der Waals surface area contributed by atoms with Gasteiger partial charge in [0.25, 0.3) is 5.91 Å². The molecule has 0 saturated heterocycles. The van der Waals surface area contributed by atoms with Crippen LogP contribution in [0.3, 0.4) is 0 Å². The lowest BCUT2D eigenvalue weighted by atomic mass is 10.2. The van der Waals surface area contributed by atoms with Crippen LogP contribution < -0.4 is 10.1 Å². The van der Waals surface area contributed by atoms with Crippen molar-refractivity contribution >= 4 is 11.6 Å². The van der Waals surface area contributed by atoms with Crippen LogP contribution in [0.25, 0.3) is 5.69 Å². The molecule has 0 saturated carbocycles. The van der Waals surface area contributed by atoms with Gasteiger partial charge in [0.2, 0.25) is 0 Å². The van der Waals surface area contributed by atoms with E-state index in [1.165, 1.54) is 11.9 Å². The van der Waals surface area contributed by atoms with Gasteiger partial charge in [-0.15, -0.1) is 5.10 Å². The summed E-state index contributed by atoms with van der Waals surface area (Å²) in [5, 5.41) is 13.9. The molecule has 3 aromatic rings. The number of aryl methyl sites for hydroxylation is 2. The van der Waals surface area contributed by atoms with Crippen LogP contribution in [-0.2, 0) is 11.2 Å². The third kappa shape index (κ3) is 4.20. The molecule has 1 amide bonds. The molecule has 7 heteroatoms. The van der Waals surface area contributed by atoms with Gasteiger partial charge < -0.3 is 10.1 Å². The van der Waals surface area contributed by atoms with Gasteiger partial charge in [0, 0.05) is 5.69 Å². The van der Waals surface area contributed by atoms with E-state index in [0.717, 1.165) is 17.7 Å². The predicted molar refractivity (Wildman–Crippen MR) is 93.8 cm³/mol. The first-order valence-electron chi connectivity index (χ1n) is 8.01. The van der Waals surface area contributed by atoms with E-state index in [2.05, 4.69) is 27.8 Å².